The third kappa shape index (κ3) is 4.73. The average molecular weight is 549 g/mol. The molecule has 1 unspecified atom stereocenters. The fraction of sp³-hybridized carbons (Fsp3) is 0.375. The summed E-state index contributed by atoms with van der Waals surface area (Å²) in [5, 5.41) is 2.83. The van der Waals surface area contributed by atoms with Gasteiger partial charge in [0.2, 0.25) is 15.9 Å². The molecule has 0 radical (unpaired) electrons. The number of halogens is 1. The fourth-order valence-corrected chi connectivity index (χ4v) is 7.08. The summed E-state index contributed by atoms with van der Waals surface area (Å²) in [5.74, 6) is -3.47. The lowest BCUT2D eigenvalue weighted by molar-refractivity contribution is -0.149. The van der Waals surface area contributed by atoms with Gasteiger partial charge in [0.05, 0.1) is 11.9 Å². The van der Waals surface area contributed by atoms with Gasteiger partial charge in [0, 0.05) is 24.2 Å². The number of hydrogen-bond donors (Lipinski definition) is 2. The second kappa shape index (κ2) is 8.91. The molecule has 5 rings (SSSR count). The molecule has 2 aromatic carbocycles. The Labute approximate surface area is 214 Å². The summed E-state index contributed by atoms with van der Waals surface area (Å²) < 4.78 is 69.0. The molecule has 0 bridgehead atoms. The number of carbonyl (C=O) groups excluding carboxylic acids is 2. The largest absolute Gasteiger partial charge is 0.341 e. The van der Waals surface area contributed by atoms with E-state index in [0.717, 1.165) is 18.7 Å². The maximum atomic E-state index is 13.8. The van der Waals surface area contributed by atoms with Crippen molar-refractivity contribution in [3.05, 3.63) is 53.3 Å². The molecule has 3 aliphatic rings. The van der Waals surface area contributed by atoms with Gasteiger partial charge in [-0.1, -0.05) is 18.6 Å². The molecule has 1 saturated carbocycles. The second-order valence-corrected chi connectivity index (χ2v) is 13.0. The van der Waals surface area contributed by atoms with E-state index in [2.05, 4.69) is 14.4 Å². The first-order valence-electron chi connectivity index (χ1n) is 11.7. The van der Waals surface area contributed by atoms with Gasteiger partial charge in [0.1, 0.15) is 16.5 Å². The minimum Gasteiger partial charge on any atom is -0.341 e. The molecule has 13 heteroatoms. The van der Waals surface area contributed by atoms with Gasteiger partial charge in [-0.2, -0.15) is 8.42 Å². The Balaban J connectivity index is 1.50. The van der Waals surface area contributed by atoms with E-state index in [-0.39, 0.29) is 46.3 Å². The van der Waals surface area contributed by atoms with E-state index in [9.17, 15) is 30.8 Å². The van der Waals surface area contributed by atoms with Crippen LogP contribution in [0.4, 0.5) is 15.8 Å². The number of Topliss-reactive ketones (excluding diaryl/α,β-unsaturated/α-hetero) is 1. The number of fused-ring (bicyclic) bond motifs is 2. The highest BCUT2D eigenvalue weighted by atomic mass is 32.2. The number of likely N-dealkylation sites (tertiary alicyclic amines) is 1. The Morgan fingerprint density at radius 2 is 1.92 bits per heavy atom. The van der Waals surface area contributed by atoms with Crippen molar-refractivity contribution in [2.24, 2.45) is 16.2 Å². The number of carbonyl (C=O) groups is 2. The molecular weight excluding hydrogens is 523 g/mol. The summed E-state index contributed by atoms with van der Waals surface area (Å²) in [6.45, 7) is 1.78. The number of rotatable bonds is 5. The van der Waals surface area contributed by atoms with Gasteiger partial charge in [-0.25, -0.2) is 12.8 Å². The summed E-state index contributed by atoms with van der Waals surface area (Å²) in [5.41, 5.74) is 1.25. The molecule has 0 spiro atoms. The quantitative estimate of drug-likeness (QED) is 0.547. The molecule has 37 heavy (non-hydrogen) atoms. The number of anilines is 2. The number of nitrogens with one attached hydrogen (secondary N) is 2. The summed E-state index contributed by atoms with van der Waals surface area (Å²) in [6, 6.07) is 8.09. The zero-order chi connectivity index (χ0) is 26.7. The van der Waals surface area contributed by atoms with Crippen molar-refractivity contribution in [1.29, 1.82) is 0 Å². The van der Waals surface area contributed by atoms with Crippen LogP contribution < -0.4 is 10.0 Å². The highest BCUT2D eigenvalue weighted by Gasteiger charge is 2.52. The van der Waals surface area contributed by atoms with Crippen molar-refractivity contribution >= 4 is 48.9 Å². The Morgan fingerprint density at radius 1 is 1.16 bits per heavy atom. The van der Waals surface area contributed by atoms with Gasteiger partial charge in [-0.15, -0.1) is 4.40 Å². The number of ketones is 1. The maximum Gasteiger partial charge on any atom is 0.286 e. The van der Waals surface area contributed by atoms with Gasteiger partial charge < -0.3 is 10.2 Å². The van der Waals surface area contributed by atoms with Gasteiger partial charge in [-0.05, 0) is 55.2 Å². The highest BCUT2D eigenvalue weighted by molar-refractivity contribution is 7.92. The molecule has 196 valence electrons. The first kappa shape index (κ1) is 25.3. The van der Waals surface area contributed by atoms with E-state index in [4.69, 9.17) is 0 Å². The Bertz CT molecular complexity index is 1570. The van der Waals surface area contributed by atoms with E-state index in [1.165, 1.54) is 18.2 Å². The van der Waals surface area contributed by atoms with Crippen LogP contribution in [0.2, 0.25) is 0 Å². The average Bonchev–Trinajstić information content (AvgIpc) is 3.28. The standard InChI is InChI=1S/C24H25FN4O6S2/c1-13-10-14(6-8-17(13)25)12-29-19-5-3-4-16(19)22(30)21(24(29)31)23-26-18-9-7-15(27-36(2,32)33)11-20(18)37(34,35)28-23/h6-11,16,19,21,27H,3-5,12H2,1-2H3,(H,26,28)/t16-,19+,21?/m1/s1. The van der Waals surface area contributed by atoms with Gasteiger partial charge in [0.25, 0.3) is 10.0 Å². The second-order valence-electron chi connectivity index (χ2n) is 9.65. The monoisotopic (exact) mass is 548 g/mol. The van der Waals surface area contributed by atoms with E-state index >= 15 is 0 Å². The van der Waals surface area contributed by atoms with E-state index in [1.54, 1.807) is 24.0 Å². The third-order valence-corrected chi connectivity index (χ3v) is 8.89. The topological polar surface area (TPSA) is 142 Å². The van der Waals surface area contributed by atoms with E-state index in [1.807, 2.05) is 0 Å². The zero-order valence-corrected chi connectivity index (χ0v) is 21.7. The summed E-state index contributed by atoms with van der Waals surface area (Å²) >= 11 is 0. The summed E-state index contributed by atoms with van der Waals surface area (Å²) in [6.07, 6.45) is 2.90. The predicted molar refractivity (Wildman–Crippen MR) is 134 cm³/mol. The highest BCUT2D eigenvalue weighted by Crippen LogP contribution is 2.40. The Hall–Kier alpha value is -3.32. The van der Waals surface area contributed by atoms with Crippen molar-refractivity contribution in [3.8, 4) is 0 Å². The molecular formula is C24H25FN4O6S2. The van der Waals surface area contributed by atoms with Gasteiger partial charge in [-0.3, -0.25) is 14.3 Å². The molecule has 1 saturated heterocycles. The number of sulfonamides is 2. The smallest absolute Gasteiger partial charge is 0.286 e. The zero-order valence-electron chi connectivity index (χ0n) is 20.1. The molecule has 2 heterocycles. The van der Waals surface area contributed by atoms with Crippen LogP contribution in [0.25, 0.3) is 0 Å². The van der Waals surface area contributed by atoms with Crippen LogP contribution in [-0.4, -0.2) is 51.6 Å². The SMILES string of the molecule is Cc1cc(CN2C(=O)C(C3=NS(=O)(=O)c4cc(NS(C)(=O)=O)ccc4N3)C(=O)[C@@H]3CCC[C@@H]32)ccc1F. The lowest BCUT2D eigenvalue weighted by atomic mass is 9.81. The van der Waals surface area contributed by atoms with Crippen molar-refractivity contribution in [3.63, 3.8) is 0 Å². The van der Waals surface area contributed by atoms with Crippen LogP contribution in [0, 0.1) is 24.6 Å². The lowest BCUT2D eigenvalue weighted by Crippen LogP contribution is -2.58. The molecule has 2 aliphatic heterocycles. The number of hydrogen-bond acceptors (Lipinski definition) is 7. The van der Waals surface area contributed by atoms with Crippen molar-refractivity contribution in [1.82, 2.24) is 4.90 Å². The summed E-state index contributed by atoms with van der Waals surface area (Å²) in [7, 11) is -7.99. The molecule has 1 amide bonds. The maximum absolute atomic E-state index is 13.8. The number of amidine groups is 1. The minimum atomic E-state index is -4.35. The number of nitrogens with zero attached hydrogens (tertiary/aromatic N) is 2. The summed E-state index contributed by atoms with van der Waals surface area (Å²) in [4.78, 5) is 28.5. The van der Waals surface area contributed by atoms with Gasteiger partial charge in [0.15, 0.2) is 11.7 Å². The molecule has 2 N–H and O–H groups in total. The molecule has 1 aliphatic carbocycles. The third-order valence-electron chi connectivity index (χ3n) is 6.95. The van der Waals surface area contributed by atoms with Crippen LogP contribution >= 0.6 is 0 Å². The lowest BCUT2D eigenvalue weighted by Gasteiger charge is -2.41. The number of amides is 1. The van der Waals surface area contributed by atoms with E-state index < -0.39 is 37.8 Å². The van der Waals surface area contributed by atoms with E-state index in [0.29, 0.717) is 24.0 Å². The molecule has 3 atom stereocenters. The van der Waals surface area contributed by atoms with Crippen LogP contribution in [-0.2, 0) is 36.2 Å². The Morgan fingerprint density at radius 3 is 2.62 bits per heavy atom. The van der Waals surface area contributed by atoms with Crippen molar-refractivity contribution in [2.75, 3.05) is 16.3 Å². The van der Waals surface area contributed by atoms with Crippen LogP contribution in [0.5, 0.6) is 0 Å². The van der Waals surface area contributed by atoms with Crippen molar-refractivity contribution in [2.45, 2.75) is 43.7 Å². The van der Waals surface area contributed by atoms with Crippen molar-refractivity contribution < 1.29 is 30.8 Å². The normalized spacial score (nSPS) is 24.7. The van der Waals surface area contributed by atoms with Crippen LogP contribution in [0.3, 0.4) is 0 Å². The van der Waals surface area contributed by atoms with Crippen LogP contribution in [0.1, 0.15) is 30.4 Å². The Kier molecular flexibility index (Phi) is 6.10. The predicted octanol–water partition coefficient (Wildman–Crippen LogP) is 2.41. The molecule has 10 nitrogen and oxygen atoms in total. The number of benzene rings is 2. The van der Waals surface area contributed by atoms with Crippen LogP contribution in [0.15, 0.2) is 45.7 Å². The number of aryl methyl sites for hydroxylation is 1. The number of piperidine rings is 1. The first-order valence-corrected chi connectivity index (χ1v) is 15.0. The van der Waals surface area contributed by atoms with Gasteiger partial charge >= 0.3 is 0 Å². The minimum absolute atomic E-state index is 0.0321. The molecule has 2 fully saturated rings. The molecule has 2 aromatic rings. The molecule has 0 aromatic heterocycles. The first-order chi connectivity index (χ1) is 17.3. The fourth-order valence-electron chi connectivity index (χ4n) is 5.34.